The number of piperazine rings is 1. The topological polar surface area (TPSA) is 55.7 Å². The molecule has 0 aromatic carbocycles. The highest BCUT2D eigenvalue weighted by Crippen LogP contribution is 2.28. The van der Waals surface area contributed by atoms with E-state index < -0.39 is 0 Å². The molecule has 1 N–H and O–H groups in total. The van der Waals surface area contributed by atoms with Gasteiger partial charge in [0.2, 0.25) is 0 Å². The fourth-order valence-corrected chi connectivity index (χ4v) is 3.77. The number of hydrogen-bond donors (Lipinski definition) is 1. The largest absolute Gasteiger partial charge is 0.396 e. The highest BCUT2D eigenvalue weighted by Gasteiger charge is 2.34. The molecule has 2 saturated heterocycles. The van der Waals surface area contributed by atoms with E-state index in [1.54, 1.807) is 6.33 Å². The summed E-state index contributed by atoms with van der Waals surface area (Å²) in [6, 6.07) is 2.04. The lowest BCUT2D eigenvalue weighted by molar-refractivity contribution is 0.106. The second kappa shape index (κ2) is 7.55. The van der Waals surface area contributed by atoms with Crippen molar-refractivity contribution in [2.75, 3.05) is 63.9 Å². The number of aliphatic hydroxyl groups excluding tert-OH is 1. The van der Waals surface area contributed by atoms with E-state index in [0.717, 1.165) is 50.8 Å². The van der Waals surface area contributed by atoms with Gasteiger partial charge in [0.25, 0.3) is 0 Å². The molecule has 2 aliphatic heterocycles. The lowest BCUT2D eigenvalue weighted by atomic mass is 9.96. The van der Waals surface area contributed by atoms with E-state index in [4.69, 9.17) is 0 Å². The quantitative estimate of drug-likeness (QED) is 0.851. The normalized spacial score (nSPS) is 26.8. The number of nitrogens with zero attached hydrogens (tertiary/aromatic N) is 5. The molecule has 6 heteroatoms. The monoisotopic (exact) mass is 319 g/mol. The summed E-state index contributed by atoms with van der Waals surface area (Å²) in [5, 5.41) is 9.78. The van der Waals surface area contributed by atoms with Gasteiger partial charge in [-0.05, 0) is 19.4 Å². The Kier molecular flexibility index (Phi) is 5.46. The van der Waals surface area contributed by atoms with Crippen LogP contribution in [0.25, 0.3) is 0 Å². The zero-order valence-electron chi connectivity index (χ0n) is 14.4. The summed E-state index contributed by atoms with van der Waals surface area (Å²) >= 11 is 0. The Morgan fingerprint density at radius 3 is 2.43 bits per heavy atom. The van der Waals surface area contributed by atoms with E-state index in [1.165, 1.54) is 13.1 Å². The second-order valence-electron chi connectivity index (χ2n) is 6.86. The van der Waals surface area contributed by atoms with Gasteiger partial charge in [0.1, 0.15) is 12.1 Å². The zero-order valence-corrected chi connectivity index (χ0v) is 14.4. The zero-order chi connectivity index (χ0) is 16.2. The molecule has 0 amide bonds. The van der Waals surface area contributed by atoms with Gasteiger partial charge in [-0.1, -0.05) is 6.92 Å². The van der Waals surface area contributed by atoms with Crippen LogP contribution in [0.4, 0.5) is 5.82 Å². The van der Waals surface area contributed by atoms with Gasteiger partial charge in [-0.2, -0.15) is 0 Å². The predicted molar refractivity (Wildman–Crippen MR) is 91.6 cm³/mol. The van der Waals surface area contributed by atoms with Crippen LogP contribution >= 0.6 is 0 Å². The van der Waals surface area contributed by atoms with E-state index in [9.17, 15) is 5.11 Å². The molecular formula is C17H29N5O. The third-order valence-corrected chi connectivity index (χ3v) is 5.33. The van der Waals surface area contributed by atoms with Crippen LogP contribution in [0.2, 0.25) is 0 Å². The van der Waals surface area contributed by atoms with Gasteiger partial charge in [0.15, 0.2) is 0 Å². The van der Waals surface area contributed by atoms with Gasteiger partial charge in [-0.25, -0.2) is 9.97 Å². The second-order valence-corrected chi connectivity index (χ2v) is 6.86. The Bertz CT molecular complexity index is 504. The Morgan fingerprint density at radius 2 is 1.78 bits per heavy atom. The van der Waals surface area contributed by atoms with E-state index in [-0.39, 0.29) is 6.61 Å². The van der Waals surface area contributed by atoms with Crippen molar-refractivity contribution in [2.45, 2.75) is 13.8 Å². The molecule has 23 heavy (non-hydrogen) atoms. The Morgan fingerprint density at radius 1 is 1.09 bits per heavy atom. The fourth-order valence-electron chi connectivity index (χ4n) is 3.77. The summed E-state index contributed by atoms with van der Waals surface area (Å²) in [4.78, 5) is 16.0. The standard InChI is InChI=1S/C17H29N5O/c1-3-20-4-6-21(7-5-20)9-15-10-22(11-16(15)12-23)17-8-14(2)18-13-19-17/h8,13,15-16,23H,3-7,9-12H2,1-2H3/t15-,16-/m1/s1. The smallest absolute Gasteiger partial charge is 0.132 e. The molecule has 0 aliphatic carbocycles. The van der Waals surface area contributed by atoms with E-state index in [0.29, 0.717) is 11.8 Å². The van der Waals surface area contributed by atoms with Gasteiger partial charge < -0.3 is 19.8 Å². The maximum absolute atomic E-state index is 9.78. The van der Waals surface area contributed by atoms with Crippen LogP contribution in [0.3, 0.4) is 0 Å². The molecule has 6 nitrogen and oxygen atoms in total. The molecule has 3 rings (SSSR count). The average molecular weight is 319 g/mol. The van der Waals surface area contributed by atoms with Crippen LogP contribution in [0, 0.1) is 18.8 Å². The lowest BCUT2D eigenvalue weighted by Crippen LogP contribution is -2.48. The molecule has 1 aromatic heterocycles. The van der Waals surface area contributed by atoms with Gasteiger partial charge in [-0.15, -0.1) is 0 Å². The van der Waals surface area contributed by atoms with Crippen molar-refractivity contribution in [2.24, 2.45) is 11.8 Å². The van der Waals surface area contributed by atoms with Crippen molar-refractivity contribution in [1.29, 1.82) is 0 Å². The first kappa shape index (κ1) is 16.6. The maximum Gasteiger partial charge on any atom is 0.132 e. The average Bonchev–Trinajstić information content (AvgIpc) is 2.98. The molecule has 1 aromatic rings. The molecular weight excluding hydrogens is 290 g/mol. The van der Waals surface area contributed by atoms with Crippen molar-refractivity contribution in [1.82, 2.24) is 19.8 Å². The molecule has 2 atom stereocenters. The van der Waals surface area contributed by atoms with Crippen molar-refractivity contribution in [3.8, 4) is 0 Å². The summed E-state index contributed by atoms with van der Waals surface area (Å²) < 4.78 is 0. The molecule has 2 fully saturated rings. The van der Waals surface area contributed by atoms with Gasteiger partial charge in [0, 0.05) is 70.1 Å². The number of hydrogen-bond acceptors (Lipinski definition) is 6. The number of aliphatic hydroxyl groups is 1. The molecule has 3 heterocycles. The van der Waals surface area contributed by atoms with Crippen molar-refractivity contribution < 1.29 is 5.11 Å². The summed E-state index contributed by atoms with van der Waals surface area (Å²) in [7, 11) is 0. The Labute approximate surface area is 139 Å². The minimum atomic E-state index is 0.264. The third kappa shape index (κ3) is 4.00. The molecule has 128 valence electrons. The van der Waals surface area contributed by atoms with Crippen molar-refractivity contribution >= 4 is 5.82 Å². The Hall–Kier alpha value is -1.24. The molecule has 0 unspecified atom stereocenters. The molecule has 0 saturated carbocycles. The Balaban J connectivity index is 1.59. The third-order valence-electron chi connectivity index (χ3n) is 5.33. The number of likely N-dealkylation sites (N-methyl/N-ethyl adjacent to an activating group) is 1. The number of rotatable bonds is 5. The summed E-state index contributed by atoms with van der Waals surface area (Å²) in [5.74, 6) is 1.85. The first-order valence-corrected chi connectivity index (χ1v) is 8.78. The van der Waals surface area contributed by atoms with Gasteiger partial charge in [0.05, 0.1) is 0 Å². The summed E-state index contributed by atoms with van der Waals surface area (Å²) in [6.07, 6.45) is 1.63. The number of anilines is 1. The lowest BCUT2D eigenvalue weighted by Gasteiger charge is -2.36. The van der Waals surface area contributed by atoms with Crippen LogP contribution < -0.4 is 4.90 Å². The SMILES string of the molecule is CCN1CCN(C[C@@H]2CN(c3cc(C)ncn3)C[C@@H]2CO)CC1. The predicted octanol–water partition coefficient (Wildman–Crippen LogP) is 0.467. The number of aromatic nitrogens is 2. The highest BCUT2D eigenvalue weighted by atomic mass is 16.3. The van der Waals surface area contributed by atoms with Crippen molar-refractivity contribution in [3.63, 3.8) is 0 Å². The first-order valence-electron chi connectivity index (χ1n) is 8.78. The molecule has 2 aliphatic rings. The van der Waals surface area contributed by atoms with E-state index >= 15 is 0 Å². The van der Waals surface area contributed by atoms with E-state index in [1.807, 2.05) is 13.0 Å². The van der Waals surface area contributed by atoms with E-state index in [2.05, 4.69) is 31.6 Å². The minimum Gasteiger partial charge on any atom is -0.396 e. The minimum absolute atomic E-state index is 0.264. The van der Waals surface area contributed by atoms with Crippen LogP contribution in [0.5, 0.6) is 0 Å². The maximum atomic E-state index is 9.78. The summed E-state index contributed by atoms with van der Waals surface area (Å²) in [6.45, 7) is 13.2. The highest BCUT2D eigenvalue weighted by molar-refractivity contribution is 5.40. The first-order chi connectivity index (χ1) is 11.2. The molecule has 0 spiro atoms. The van der Waals surface area contributed by atoms with Crippen LogP contribution in [0.1, 0.15) is 12.6 Å². The molecule has 0 radical (unpaired) electrons. The summed E-state index contributed by atoms with van der Waals surface area (Å²) in [5.41, 5.74) is 0.995. The van der Waals surface area contributed by atoms with Crippen LogP contribution in [-0.4, -0.2) is 83.8 Å². The molecule has 0 bridgehead atoms. The fraction of sp³-hybridized carbons (Fsp3) is 0.765. The van der Waals surface area contributed by atoms with Gasteiger partial charge in [-0.3, -0.25) is 0 Å². The van der Waals surface area contributed by atoms with Crippen molar-refractivity contribution in [3.05, 3.63) is 18.1 Å². The van der Waals surface area contributed by atoms with Crippen LogP contribution in [0.15, 0.2) is 12.4 Å². The van der Waals surface area contributed by atoms with Gasteiger partial charge >= 0.3 is 0 Å². The number of aryl methyl sites for hydroxylation is 1. The van der Waals surface area contributed by atoms with Crippen LogP contribution in [-0.2, 0) is 0 Å².